The van der Waals surface area contributed by atoms with Crippen LogP contribution in [0.2, 0.25) is 0 Å². The smallest absolute Gasteiger partial charge is 0.416 e. The van der Waals surface area contributed by atoms with Crippen LogP contribution < -0.4 is 4.90 Å². The van der Waals surface area contributed by atoms with Gasteiger partial charge >= 0.3 is 12.3 Å². The monoisotopic (exact) mass is 502 g/mol. The van der Waals surface area contributed by atoms with E-state index in [1.54, 1.807) is 24.8 Å². The number of hydrogen-bond acceptors (Lipinski definition) is 5. The molecule has 6 nitrogen and oxygen atoms in total. The molecule has 2 atom stereocenters. The summed E-state index contributed by atoms with van der Waals surface area (Å²) in [5.41, 5.74) is 0.424. The maximum atomic E-state index is 13.2. The number of cyclic esters (lactones) is 1. The summed E-state index contributed by atoms with van der Waals surface area (Å²) in [5, 5.41) is 0. The predicted molar refractivity (Wildman–Crippen MR) is 107 cm³/mol. The summed E-state index contributed by atoms with van der Waals surface area (Å²) in [4.78, 5) is 24.2. The zero-order chi connectivity index (χ0) is 22.5. The molecule has 0 saturated carbocycles. The third-order valence-corrected chi connectivity index (χ3v) is 6.05. The Morgan fingerprint density at radius 1 is 1.26 bits per heavy atom. The van der Waals surface area contributed by atoms with Gasteiger partial charge in [-0.1, -0.05) is 11.6 Å². The van der Waals surface area contributed by atoms with Gasteiger partial charge in [0.05, 0.1) is 41.4 Å². The van der Waals surface area contributed by atoms with Crippen LogP contribution in [0.5, 0.6) is 0 Å². The van der Waals surface area contributed by atoms with Gasteiger partial charge in [0.1, 0.15) is 12.3 Å². The van der Waals surface area contributed by atoms with Crippen LogP contribution in [0.4, 0.5) is 28.3 Å². The molecule has 0 aliphatic carbocycles. The minimum absolute atomic E-state index is 0.0669. The van der Waals surface area contributed by atoms with Crippen LogP contribution in [0.3, 0.4) is 0 Å². The van der Waals surface area contributed by atoms with Crippen molar-refractivity contribution in [1.29, 1.82) is 0 Å². The number of carbonyl (C=O) groups is 1. The maximum absolute atomic E-state index is 13.2. The van der Waals surface area contributed by atoms with Crippen LogP contribution in [0.25, 0.3) is 0 Å². The third kappa shape index (κ3) is 4.32. The second-order valence-corrected chi connectivity index (χ2v) is 8.62. The lowest BCUT2D eigenvalue weighted by molar-refractivity contribution is -0.137. The summed E-state index contributed by atoms with van der Waals surface area (Å²) in [6.07, 6.45) is -5.38. The fourth-order valence-corrected chi connectivity index (χ4v) is 4.02. The summed E-state index contributed by atoms with van der Waals surface area (Å²) in [6, 6.07) is 3.13. The molecule has 2 aliphatic heterocycles. The Morgan fingerprint density at radius 2 is 1.97 bits per heavy atom. The number of nitrogens with zero attached hydrogens (tertiary/aromatic N) is 4. The van der Waals surface area contributed by atoms with E-state index in [1.807, 2.05) is 0 Å². The molecule has 4 rings (SSSR count). The Hall–Kier alpha value is -2.43. The first kappa shape index (κ1) is 21.8. The second-order valence-electron chi connectivity index (χ2n) is 7.77. The number of ether oxygens (including phenoxy) is 1. The number of amides is 1. The summed E-state index contributed by atoms with van der Waals surface area (Å²) < 4.78 is 58.8. The first-order valence-electron chi connectivity index (χ1n) is 9.59. The van der Waals surface area contributed by atoms with Crippen molar-refractivity contribution in [3.8, 4) is 0 Å². The SMILES string of the molecule is Cc1cc([C@H]2OC(=O)N(Cc3nc(N4CC(F)C4)ncc3Br)[C@H]2C)cc(C(F)(F)F)c1. The van der Waals surface area contributed by atoms with E-state index < -0.39 is 36.2 Å². The van der Waals surface area contributed by atoms with Crippen molar-refractivity contribution in [1.82, 2.24) is 14.9 Å². The third-order valence-electron chi connectivity index (χ3n) is 5.39. The van der Waals surface area contributed by atoms with Gasteiger partial charge in [-0.2, -0.15) is 13.2 Å². The van der Waals surface area contributed by atoms with Crippen LogP contribution in [0.15, 0.2) is 28.9 Å². The number of hydrogen-bond donors (Lipinski definition) is 0. The number of rotatable bonds is 4. The van der Waals surface area contributed by atoms with E-state index in [2.05, 4.69) is 25.9 Å². The molecular formula is C20H19BrF4N4O2. The Balaban J connectivity index is 1.57. The zero-order valence-corrected chi connectivity index (χ0v) is 18.2. The molecule has 0 N–H and O–H groups in total. The predicted octanol–water partition coefficient (Wildman–Crippen LogP) is 4.81. The van der Waals surface area contributed by atoms with E-state index >= 15 is 0 Å². The van der Waals surface area contributed by atoms with Gasteiger partial charge in [0.15, 0.2) is 0 Å². The fourth-order valence-electron chi connectivity index (χ4n) is 3.70. The van der Waals surface area contributed by atoms with Gasteiger partial charge in [0.25, 0.3) is 0 Å². The fraction of sp³-hybridized carbons (Fsp3) is 0.450. The maximum Gasteiger partial charge on any atom is 0.416 e. The Kier molecular flexibility index (Phi) is 5.57. The zero-order valence-electron chi connectivity index (χ0n) is 16.7. The van der Waals surface area contributed by atoms with Gasteiger partial charge in [-0.15, -0.1) is 0 Å². The van der Waals surface area contributed by atoms with Crippen molar-refractivity contribution in [3.63, 3.8) is 0 Å². The molecule has 0 radical (unpaired) electrons. The molecule has 1 aromatic heterocycles. The van der Waals surface area contributed by atoms with Crippen LogP contribution in [-0.4, -0.2) is 46.3 Å². The normalized spacial score (nSPS) is 22.0. The summed E-state index contributed by atoms with van der Waals surface area (Å²) in [6.45, 7) is 3.76. The number of carbonyl (C=O) groups excluding carboxylic acids is 1. The van der Waals surface area contributed by atoms with E-state index in [1.165, 1.54) is 11.1 Å². The van der Waals surface area contributed by atoms with Gasteiger partial charge < -0.3 is 9.64 Å². The van der Waals surface area contributed by atoms with Gasteiger partial charge in [0, 0.05) is 6.20 Å². The van der Waals surface area contributed by atoms with Crippen molar-refractivity contribution < 1.29 is 27.1 Å². The molecule has 2 aliphatic rings. The van der Waals surface area contributed by atoms with Crippen LogP contribution in [0.1, 0.15) is 35.4 Å². The number of benzene rings is 1. The molecule has 0 bridgehead atoms. The Labute approximate surface area is 184 Å². The number of aromatic nitrogens is 2. The largest absolute Gasteiger partial charge is 0.439 e. The minimum Gasteiger partial charge on any atom is -0.439 e. The Bertz CT molecular complexity index is 1010. The molecule has 0 unspecified atom stereocenters. The van der Waals surface area contributed by atoms with Crippen molar-refractivity contribution in [3.05, 3.63) is 51.3 Å². The van der Waals surface area contributed by atoms with Gasteiger partial charge in [0.2, 0.25) is 5.95 Å². The van der Waals surface area contributed by atoms with Crippen molar-refractivity contribution in [2.24, 2.45) is 0 Å². The van der Waals surface area contributed by atoms with Crippen molar-refractivity contribution >= 4 is 28.0 Å². The Morgan fingerprint density at radius 3 is 2.61 bits per heavy atom. The molecule has 1 aromatic carbocycles. The van der Waals surface area contributed by atoms with Crippen LogP contribution in [0, 0.1) is 6.92 Å². The number of anilines is 1. The first-order chi connectivity index (χ1) is 14.5. The average molecular weight is 503 g/mol. The molecular weight excluding hydrogens is 484 g/mol. The summed E-state index contributed by atoms with van der Waals surface area (Å²) in [5.74, 6) is 0.359. The van der Waals surface area contributed by atoms with E-state index in [0.29, 0.717) is 21.7 Å². The van der Waals surface area contributed by atoms with Crippen LogP contribution >= 0.6 is 15.9 Å². The molecule has 2 fully saturated rings. The number of aryl methyl sites for hydroxylation is 1. The summed E-state index contributed by atoms with van der Waals surface area (Å²) >= 11 is 3.36. The number of alkyl halides is 4. The first-order valence-corrected chi connectivity index (χ1v) is 10.4. The van der Waals surface area contributed by atoms with Crippen molar-refractivity contribution in [2.45, 2.75) is 44.9 Å². The van der Waals surface area contributed by atoms with E-state index in [-0.39, 0.29) is 25.2 Å². The molecule has 0 spiro atoms. The molecule has 166 valence electrons. The lowest BCUT2D eigenvalue weighted by atomic mass is 9.98. The van der Waals surface area contributed by atoms with Crippen molar-refractivity contribution in [2.75, 3.05) is 18.0 Å². The van der Waals surface area contributed by atoms with E-state index in [9.17, 15) is 22.4 Å². The van der Waals surface area contributed by atoms with E-state index in [4.69, 9.17) is 4.74 Å². The standard InChI is InChI=1S/C20H19BrF4N4O2/c1-10-3-12(5-13(4-10)20(23,24)25)17-11(2)29(19(30)31-17)9-16-15(21)6-26-18(27-16)28-7-14(22)8-28/h3-6,11,14,17H,7-9H2,1-2H3/t11-,17-/m0/s1. The molecule has 2 aromatic rings. The highest BCUT2D eigenvalue weighted by Gasteiger charge is 2.41. The van der Waals surface area contributed by atoms with E-state index in [0.717, 1.165) is 12.1 Å². The van der Waals surface area contributed by atoms with Gasteiger partial charge in [-0.05, 0) is 47.5 Å². The minimum atomic E-state index is -4.50. The lowest BCUT2D eigenvalue weighted by Crippen LogP contribution is -2.49. The highest BCUT2D eigenvalue weighted by atomic mass is 79.9. The van der Waals surface area contributed by atoms with Crippen LogP contribution in [-0.2, 0) is 17.5 Å². The second kappa shape index (κ2) is 7.92. The molecule has 11 heteroatoms. The lowest BCUT2D eigenvalue weighted by Gasteiger charge is -2.34. The highest BCUT2D eigenvalue weighted by Crippen LogP contribution is 2.38. The number of halogens is 5. The van der Waals surface area contributed by atoms with Gasteiger partial charge in [-0.3, -0.25) is 4.90 Å². The topological polar surface area (TPSA) is 58.6 Å². The average Bonchev–Trinajstić information content (AvgIpc) is 2.94. The molecule has 2 saturated heterocycles. The summed E-state index contributed by atoms with van der Waals surface area (Å²) in [7, 11) is 0. The quantitative estimate of drug-likeness (QED) is 0.561. The molecule has 31 heavy (non-hydrogen) atoms. The highest BCUT2D eigenvalue weighted by molar-refractivity contribution is 9.10. The molecule has 3 heterocycles. The molecule has 1 amide bonds. The van der Waals surface area contributed by atoms with Gasteiger partial charge in [-0.25, -0.2) is 19.2 Å².